The summed E-state index contributed by atoms with van der Waals surface area (Å²) in [4.78, 5) is 12.2. The van der Waals surface area contributed by atoms with Crippen LogP contribution in [0.4, 0.5) is 0 Å². The van der Waals surface area contributed by atoms with Gasteiger partial charge in [0.05, 0.1) is 16.5 Å². The first-order valence-electron chi connectivity index (χ1n) is 9.20. The summed E-state index contributed by atoms with van der Waals surface area (Å²) >= 11 is 0. The summed E-state index contributed by atoms with van der Waals surface area (Å²) in [6, 6.07) is 1.59. The fraction of sp³-hybridized carbons (Fsp3) is 0.409. The van der Waals surface area contributed by atoms with Crippen molar-refractivity contribution in [1.82, 2.24) is 0 Å². The van der Waals surface area contributed by atoms with E-state index in [0.717, 1.165) is 52.0 Å². The van der Waals surface area contributed by atoms with Gasteiger partial charge in [0.1, 0.15) is 23.2 Å². The van der Waals surface area contributed by atoms with E-state index < -0.39 is 5.60 Å². The minimum atomic E-state index is -0.431. The van der Waals surface area contributed by atoms with Crippen molar-refractivity contribution in [2.45, 2.75) is 59.2 Å². The van der Waals surface area contributed by atoms with Gasteiger partial charge in [-0.25, -0.2) is 4.79 Å². The monoisotopic (exact) mass is 352 g/mol. The van der Waals surface area contributed by atoms with Crippen molar-refractivity contribution in [2.75, 3.05) is 0 Å². The van der Waals surface area contributed by atoms with Crippen LogP contribution in [0.5, 0.6) is 11.5 Å². The number of benzene rings is 1. The minimum Gasteiger partial charge on any atom is -0.485 e. The normalized spacial score (nSPS) is 20.0. The Morgan fingerprint density at radius 3 is 2.69 bits per heavy atom. The second-order valence-corrected chi connectivity index (χ2v) is 7.72. The van der Waals surface area contributed by atoms with Crippen LogP contribution in [0, 0.1) is 0 Å². The summed E-state index contributed by atoms with van der Waals surface area (Å²) in [7, 11) is 0. The molecule has 4 heteroatoms. The van der Waals surface area contributed by atoms with Crippen molar-refractivity contribution in [2.24, 2.45) is 0 Å². The maximum absolute atomic E-state index is 12.2. The van der Waals surface area contributed by atoms with Crippen LogP contribution in [0.2, 0.25) is 0 Å². The van der Waals surface area contributed by atoms with Crippen LogP contribution in [0.25, 0.3) is 23.1 Å². The van der Waals surface area contributed by atoms with Crippen LogP contribution in [0.1, 0.15) is 57.7 Å². The van der Waals surface area contributed by atoms with Gasteiger partial charge >= 0.3 is 5.63 Å². The highest BCUT2D eigenvalue weighted by molar-refractivity contribution is 6.00. The zero-order chi connectivity index (χ0) is 18.6. The van der Waals surface area contributed by atoms with E-state index in [4.69, 9.17) is 13.9 Å². The molecule has 0 aliphatic carbocycles. The summed E-state index contributed by atoms with van der Waals surface area (Å²) in [6.45, 7) is 10.2. The minimum absolute atomic E-state index is 0.0297. The molecule has 0 saturated heterocycles. The molecule has 136 valence electrons. The fourth-order valence-electron chi connectivity index (χ4n) is 3.64. The van der Waals surface area contributed by atoms with Gasteiger partial charge in [0, 0.05) is 6.07 Å². The Morgan fingerprint density at radius 2 is 1.96 bits per heavy atom. The van der Waals surface area contributed by atoms with Crippen molar-refractivity contribution >= 4 is 23.1 Å². The molecule has 0 spiro atoms. The Hall–Kier alpha value is -2.49. The Bertz CT molecular complexity index is 1020. The number of aryl methyl sites for hydroxylation is 1. The molecule has 26 heavy (non-hydrogen) atoms. The third kappa shape index (κ3) is 2.56. The zero-order valence-corrected chi connectivity index (χ0v) is 15.9. The molecular formula is C22H24O4. The van der Waals surface area contributed by atoms with Gasteiger partial charge < -0.3 is 13.9 Å². The van der Waals surface area contributed by atoms with Crippen LogP contribution in [0.3, 0.4) is 0 Å². The maximum Gasteiger partial charge on any atom is 0.336 e. The third-order valence-electron chi connectivity index (χ3n) is 5.09. The van der Waals surface area contributed by atoms with Gasteiger partial charge in [-0.15, -0.1) is 0 Å². The molecule has 0 amide bonds. The summed E-state index contributed by atoms with van der Waals surface area (Å²) in [5, 5.41) is 0.889. The SMILES string of the molecule is CCCc1cc(=O)oc2c3c(c4c(c12)OC(C)(C)C=C4)O[C@@H](C)C(C)=C3. The molecule has 0 saturated carbocycles. The predicted octanol–water partition coefficient (Wildman–Crippen LogP) is 5.11. The summed E-state index contributed by atoms with van der Waals surface area (Å²) in [6.07, 6.45) is 7.88. The van der Waals surface area contributed by atoms with Gasteiger partial charge in [-0.3, -0.25) is 0 Å². The molecule has 4 nitrogen and oxygen atoms in total. The molecule has 4 rings (SSSR count). The second-order valence-electron chi connectivity index (χ2n) is 7.72. The highest BCUT2D eigenvalue weighted by atomic mass is 16.5. The molecule has 0 bridgehead atoms. The highest BCUT2D eigenvalue weighted by Gasteiger charge is 2.32. The smallest absolute Gasteiger partial charge is 0.336 e. The van der Waals surface area contributed by atoms with Gasteiger partial charge in [-0.2, -0.15) is 0 Å². The molecule has 1 atom stereocenters. The van der Waals surface area contributed by atoms with Gasteiger partial charge in [-0.1, -0.05) is 13.3 Å². The van der Waals surface area contributed by atoms with Crippen LogP contribution in [0.15, 0.2) is 26.9 Å². The van der Waals surface area contributed by atoms with E-state index in [1.807, 2.05) is 33.8 Å². The summed E-state index contributed by atoms with van der Waals surface area (Å²) in [5.41, 5.74) is 3.62. The Morgan fingerprint density at radius 1 is 1.19 bits per heavy atom. The lowest BCUT2D eigenvalue weighted by molar-refractivity contribution is 0.159. The molecule has 3 heterocycles. The van der Waals surface area contributed by atoms with Crippen molar-refractivity contribution < 1.29 is 13.9 Å². The Kier molecular flexibility index (Phi) is 3.76. The number of rotatable bonds is 2. The van der Waals surface area contributed by atoms with Gasteiger partial charge in [0.2, 0.25) is 0 Å². The van der Waals surface area contributed by atoms with Crippen LogP contribution in [-0.4, -0.2) is 11.7 Å². The van der Waals surface area contributed by atoms with Crippen LogP contribution >= 0.6 is 0 Å². The molecule has 1 aromatic heterocycles. The first-order chi connectivity index (χ1) is 12.3. The maximum atomic E-state index is 12.2. The molecule has 0 N–H and O–H groups in total. The van der Waals surface area contributed by atoms with E-state index in [2.05, 4.69) is 19.1 Å². The molecule has 1 aromatic carbocycles. The average Bonchev–Trinajstić information content (AvgIpc) is 2.55. The topological polar surface area (TPSA) is 48.7 Å². The van der Waals surface area contributed by atoms with E-state index in [1.54, 1.807) is 6.07 Å². The number of hydrogen-bond donors (Lipinski definition) is 0. The van der Waals surface area contributed by atoms with E-state index in [1.165, 1.54) is 0 Å². The van der Waals surface area contributed by atoms with Crippen molar-refractivity contribution in [3.8, 4) is 11.5 Å². The van der Waals surface area contributed by atoms with Crippen molar-refractivity contribution in [3.05, 3.63) is 44.8 Å². The van der Waals surface area contributed by atoms with Crippen LogP contribution < -0.4 is 15.1 Å². The van der Waals surface area contributed by atoms with Gasteiger partial charge in [0.25, 0.3) is 0 Å². The highest BCUT2D eigenvalue weighted by Crippen LogP contribution is 2.49. The summed E-state index contributed by atoms with van der Waals surface area (Å²) < 4.78 is 18.2. The molecule has 2 aliphatic rings. The van der Waals surface area contributed by atoms with Gasteiger partial charge in [0.15, 0.2) is 5.58 Å². The summed E-state index contributed by atoms with van der Waals surface area (Å²) in [5.74, 6) is 1.48. The first kappa shape index (κ1) is 17.0. The van der Waals surface area contributed by atoms with Gasteiger partial charge in [-0.05, 0) is 63.5 Å². The Balaban J connectivity index is 2.18. The largest absolute Gasteiger partial charge is 0.485 e. The average molecular weight is 352 g/mol. The lowest BCUT2D eigenvalue weighted by Crippen LogP contribution is -2.29. The molecule has 0 unspecified atom stereocenters. The number of ether oxygens (including phenoxy) is 2. The van der Waals surface area contributed by atoms with Crippen molar-refractivity contribution in [1.29, 1.82) is 0 Å². The lowest BCUT2D eigenvalue weighted by atomic mass is 9.91. The van der Waals surface area contributed by atoms with E-state index in [0.29, 0.717) is 5.58 Å². The van der Waals surface area contributed by atoms with E-state index in [-0.39, 0.29) is 11.7 Å². The first-order valence-corrected chi connectivity index (χ1v) is 9.20. The number of hydrogen-bond acceptors (Lipinski definition) is 4. The quantitative estimate of drug-likeness (QED) is 0.704. The third-order valence-corrected chi connectivity index (χ3v) is 5.09. The molecule has 0 fully saturated rings. The predicted molar refractivity (Wildman–Crippen MR) is 104 cm³/mol. The Labute approximate surface area is 153 Å². The van der Waals surface area contributed by atoms with Crippen molar-refractivity contribution in [3.63, 3.8) is 0 Å². The van der Waals surface area contributed by atoms with Crippen LogP contribution in [-0.2, 0) is 6.42 Å². The lowest BCUT2D eigenvalue weighted by Gasteiger charge is -2.33. The molecule has 0 radical (unpaired) electrons. The molecule has 2 aromatic rings. The molecule has 2 aliphatic heterocycles. The second kappa shape index (κ2) is 5.76. The number of fused-ring (bicyclic) bond motifs is 6. The van der Waals surface area contributed by atoms with E-state index >= 15 is 0 Å². The fourth-order valence-corrected chi connectivity index (χ4v) is 3.64. The molecular weight excluding hydrogens is 328 g/mol. The zero-order valence-electron chi connectivity index (χ0n) is 15.9. The van der Waals surface area contributed by atoms with E-state index in [9.17, 15) is 4.79 Å². The standard InChI is InChI=1S/C22H24O4/c1-6-7-14-11-17(23)25-20-16-10-12(2)13(3)24-19(16)15-8-9-22(4,5)26-21(15)18(14)20/h8-11,13H,6-7H2,1-5H3/t13-/m0/s1.